The van der Waals surface area contributed by atoms with Gasteiger partial charge in [-0.25, -0.2) is 0 Å². The zero-order valence-electron chi connectivity index (χ0n) is 12.0. The molecule has 2 bridgehead atoms. The number of rotatable bonds is 3. The maximum atomic E-state index is 2.53. The maximum absolute atomic E-state index is 2.53. The number of fused-ring (bicyclic) bond motifs is 2. The molecule has 0 amide bonds. The molecular weight excluding hydrogens is 210 g/mol. The van der Waals surface area contributed by atoms with Gasteiger partial charge in [-0.15, -0.1) is 0 Å². The van der Waals surface area contributed by atoms with Crippen LogP contribution in [0.4, 0.5) is 0 Å². The third-order valence-corrected chi connectivity index (χ3v) is 9.92. The third kappa shape index (κ3) is 1.88. The Morgan fingerprint density at radius 1 is 1.19 bits per heavy atom. The Morgan fingerprint density at radius 3 is 2.25 bits per heavy atom. The van der Waals surface area contributed by atoms with Crippen LogP contribution in [0.1, 0.15) is 33.1 Å². The van der Waals surface area contributed by atoms with E-state index >= 15 is 0 Å². The predicted molar refractivity (Wildman–Crippen MR) is 74.1 cm³/mol. The van der Waals surface area contributed by atoms with Gasteiger partial charge in [0.1, 0.15) is 8.24 Å². The lowest BCUT2D eigenvalue weighted by Crippen LogP contribution is -2.55. The minimum atomic E-state index is -1.11. The second kappa shape index (κ2) is 3.84. The van der Waals surface area contributed by atoms with Crippen molar-refractivity contribution in [3.8, 4) is 0 Å². The van der Waals surface area contributed by atoms with Crippen molar-refractivity contribution in [2.24, 2.45) is 23.2 Å². The van der Waals surface area contributed by atoms with Gasteiger partial charge in [-0.2, -0.15) is 0 Å². The quantitative estimate of drug-likeness (QED) is 0.677. The highest BCUT2D eigenvalue weighted by Gasteiger charge is 2.54. The molecule has 3 fully saturated rings. The average Bonchev–Trinajstić information content (AvgIpc) is 2.16. The Labute approximate surface area is 103 Å². The van der Waals surface area contributed by atoms with E-state index in [1.165, 1.54) is 25.3 Å². The Kier molecular flexibility index (Phi) is 3.03. The molecule has 16 heavy (non-hydrogen) atoms. The van der Waals surface area contributed by atoms with Gasteiger partial charge in [0.05, 0.1) is 0 Å². The van der Waals surface area contributed by atoms with Crippen LogP contribution < -0.4 is 0 Å². The summed E-state index contributed by atoms with van der Waals surface area (Å²) in [6.07, 6.45) is 4.56. The zero-order chi connectivity index (χ0) is 12.1. The lowest BCUT2D eigenvalue weighted by atomic mass is 9.46. The van der Waals surface area contributed by atoms with Crippen molar-refractivity contribution in [1.82, 2.24) is 4.57 Å². The highest BCUT2D eigenvalue weighted by molar-refractivity contribution is 6.74. The van der Waals surface area contributed by atoms with Gasteiger partial charge in [0.2, 0.25) is 0 Å². The molecule has 1 nitrogen and oxygen atoms in total. The fourth-order valence-corrected chi connectivity index (χ4v) is 6.17. The van der Waals surface area contributed by atoms with Gasteiger partial charge in [0.15, 0.2) is 0 Å². The van der Waals surface area contributed by atoms with Crippen LogP contribution in [0.25, 0.3) is 0 Å². The monoisotopic (exact) mass is 239 g/mol. The standard InChI is InChI=1S/C14H29NSi/c1-14(2)12-8-7-11(13(14)9-12)10-16(5,6)15(3)4/h11-13H,7-10H2,1-6H3/t11?,12-,13-/m1/s1. The van der Waals surface area contributed by atoms with Crippen LogP contribution in [0.3, 0.4) is 0 Å². The van der Waals surface area contributed by atoms with Crippen LogP contribution in [-0.2, 0) is 0 Å². The van der Waals surface area contributed by atoms with Gasteiger partial charge in [0.25, 0.3) is 0 Å². The van der Waals surface area contributed by atoms with Crippen molar-refractivity contribution < 1.29 is 0 Å². The molecule has 3 rings (SSSR count). The summed E-state index contributed by atoms with van der Waals surface area (Å²) in [6, 6.07) is 1.51. The molecule has 1 unspecified atom stereocenters. The van der Waals surface area contributed by atoms with Crippen molar-refractivity contribution >= 4 is 8.24 Å². The number of hydrogen-bond donors (Lipinski definition) is 0. The van der Waals surface area contributed by atoms with Crippen LogP contribution in [-0.4, -0.2) is 26.9 Å². The molecule has 0 aromatic heterocycles. The van der Waals surface area contributed by atoms with Crippen LogP contribution in [0.5, 0.6) is 0 Å². The topological polar surface area (TPSA) is 3.24 Å². The van der Waals surface area contributed by atoms with Crippen molar-refractivity contribution in [3.63, 3.8) is 0 Å². The van der Waals surface area contributed by atoms with E-state index in [1.807, 2.05) is 0 Å². The molecular formula is C14H29NSi. The summed E-state index contributed by atoms with van der Waals surface area (Å²) in [5.41, 5.74) is 0.666. The van der Waals surface area contributed by atoms with E-state index in [0.29, 0.717) is 5.41 Å². The highest BCUT2D eigenvalue weighted by atomic mass is 28.3. The fourth-order valence-electron chi connectivity index (χ4n) is 4.03. The molecule has 0 aromatic carbocycles. The lowest BCUT2D eigenvalue weighted by Gasteiger charge is -2.61. The van der Waals surface area contributed by atoms with Gasteiger partial charge in [-0.3, -0.25) is 0 Å². The molecule has 0 heterocycles. The first-order valence-corrected chi connectivity index (χ1v) is 10.1. The van der Waals surface area contributed by atoms with Gasteiger partial charge >= 0.3 is 0 Å². The van der Waals surface area contributed by atoms with E-state index in [1.54, 1.807) is 0 Å². The first kappa shape index (κ1) is 12.6. The largest absolute Gasteiger partial charge is 0.329 e. The molecule has 0 aromatic rings. The summed E-state index contributed by atoms with van der Waals surface area (Å²) in [5, 5.41) is 0. The Morgan fingerprint density at radius 2 is 1.81 bits per heavy atom. The van der Waals surface area contributed by atoms with E-state index in [-0.39, 0.29) is 0 Å². The summed E-state index contributed by atoms with van der Waals surface area (Å²) >= 11 is 0. The molecule has 3 saturated carbocycles. The van der Waals surface area contributed by atoms with Crippen molar-refractivity contribution in [1.29, 1.82) is 0 Å². The number of hydrogen-bond acceptors (Lipinski definition) is 1. The summed E-state index contributed by atoms with van der Waals surface area (Å²) in [7, 11) is 3.45. The fraction of sp³-hybridized carbons (Fsp3) is 1.00. The second-order valence-electron chi connectivity index (χ2n) is 7.61. The molecule has 3 aliphatic rings. The first-order valence-electron chi connectivity index (χ1n) is 6.92. The first-order chi connectivity index (χ1) is 7.25. The predicted octanol–water partition coefficient (Wildman–Crippen LogP) is 3.83. The number of nitrogens with zero attached hydrogens (tertiary/aromatic N) is 1. The summed E-state index contributed by atoms with van der Waals surface area (Å²) in [5.74, 6) is 3.12. The van der Waals surface area contributed by atoms with E-state index in [0.717, 1.165) is 17.8 Å². The summed E-state index contributed by atoms with van der Waals surface area (Å²) < 4.78 is 2.53. The third-order valence-electron chi connectivity index (χ3n) is 5.97. The Hall–Kier alpha value is 0.177. The second-order valence-corrected chi connectivity index (χ2v) is 12.5. The summed E-state index contributed by atoms with van der Waals surface area (Å²) in [6.45, 7) is 10.1. The van der Waals surface area contributed by atoms with E-state index < -0.39 is 8.24 Å². The van der Waals surface area contributed by atoms with Crippen LogP contribution in [0.2, 0.25) is 19.1 Å². The molecule has 2 heteroatoms. The van der Waals surface area contributed by atoms with E-state index in [2.05, 4.69) is 45.6 Å². The molecule has 0 aliphatic heterocycles. The lowest BCUT2D eigenvalue weighted by molar-refractivity contribution is -0.0993. The minimum absolute atomic E-state index is 0.666. The molecule has 0 N–H and O–H groups in total. The van der Waals surface area contributed by atoms with Crippen molar-refractivity contribution in [3.05, 3.63) is 0 Å². The van der Waals surface area contributed by atoms with Crippen LogP contribution >= 0.6 is 0 Å². The maximum Gasteiger partial charge on any atom is 0.121 e. The normalized spacial score (nSPS) is 37.3. The molecule has 3 atom stereocenters. The van der Waals surface area contributed by atoms with Gasteiger partial charge in [-0.05, 0) is 56.1 Å². The smallest absolute Gasteiger partial charge is 0.121 e. The molecule has 94 valence electrons. The molecule has 0 spiro atoms. The van der Waals surface area contributed by atoms with E-state index in [4.69, 9.17) is 0 Å². The van der Waals surface area contributed by atoms with Crippen molar-refractivity contribution in [2.45, 2.75) is 52.2 Å². The van der Waals surface area contributed by atoms with Gasteiger partial charge in [-0.1, -0.05) is 33.4 Å². The Bertz CT molecular complexity index is 268. The molecule has 0 saturated heterocycles. The SMILES string of the molecule is CN(C)[Si](C)(C)CC1CC[C@@H]2C[C@H]1C2(C)C. The Balaban J connectivity index is 2.01. The van der Waals surface area contributed by atoms with Crippen LogP contribution in [0.15, 0.2) is 0 Å². The van der Waals surface area contributed by atoms with Gasteiger partial charge < -0.3 is 4.57 Å². The average molecular weight is 239 g/mol. The van der Waals surface area contributed by atoms with Crippen LogP contribution in [0, 0.1) is 23.2 Å². The van der Waals surface area contributed by atoms with E-state index in [9.17, 15) is 0 Å². The molecule has 3 aliphatic carbocycles. The minimum Gasteiger partial charge on any atom is -0.329 e. The molecule has 0 radical (unpaired) electrons. The van der Waals surface area contributed by atoms with Crippen molar-refractivity contribution in [2.75, 3.05) is 14.1 Å². The summed E-state index contributed by atoms with van der Waals surface area (Å²) in [4.78, 5) is 0. The highest BCUT2D eigenvalue weighted by Crippen LogP contribution is 2.62. The zero-order valence-corrected chi connectivity index (χ0v) is 13.0. The van der Waals surface area contributed by atoms with Gasteiger partial charge in [0, 0.05) is 0 Å².